The fraction of sp³-hybridized carbons (Fsp3) is 0.143. The molecule has 1 N–H and O–H groups in total. The number of nitrogens with zero attached hydrogens (tertiary/aromatic N) is 4. The van der Waals surface area contributed by atoms with Crippen LogP contribution >= 0.6 is 23.1 Å². The Morgan fingerprint density at radius 3 is 2.96 bits per heavy atom. The highest BCUT2D eigenvalue weighted by Crippen LogP contribution is 2.37. The average molecular weight is 347 g/mol. The number of rotatable bonds is 6. The van der Waals surface area contributed by atoms with Crippen molar-refractivity contribution in [3.63, 3.8) is 0 Å². The Kier molecular flexibility index (Phi) is 4.58. The van der Waals surface area contributed by atoms with Crippen LogP contribution in [0.15, 0.2) is 51.1 Å². The molecule has 0 spiro atoms. The van der Waals surface area contributed by atoms with Crippen LogP contribution in [0.3, 0.4) is 0 Å². The molecule has 0 atom stereocenters. The molecule has 9 heteroatoms. The van der Waals surface area contributed by atoms with E-state index >= 15 is 0 Å². The smallest absolute Gasteiger partial charge is 0.271 e. The first kappa shape index (κ1) is 15.5. The molecule has 118 valence electrons. The van der Waals surface area contributed by atoms with E-state index in [1.54, 1.807) is 47.0 Å². The number of anilines is 1. The van der Waals surface area contributed by atoms with Crippen molar-refractivity contribution in [3.8, 4) is 0 Å². The molecule has 0 bridgehead atoms. The first-order valence-electron chi connectivity index (χ1n) is 6.70. The molecule has 3 aromatic rings. The summed E-state index contributed by atoms with van der Waals surface area (Å²) in [6, 6.07) is 8.82. The van der Waals surface area contributed by atoms with Crippen LogP contribution in [-0.2, 0) is 13.6 Å². The summed E-state index contributed by atoms with van der Waals surface area (Å²) in [6.07, 6.45) is 1.48. The fourth-order valence-electron chi connectivity index (χ4n) is 1.94. The zero-order valence-electron chi connectivity index (χ0n) is 12.2. The molecule has 0 aliphatic heterocycles. The van der Waals surface area contributed by atoms with Crippen molar-refractivity contribution < 1.29 is 4.92 Å². The average Bonchev–Trinajstić information content (AvgIpc) is 3.18. The Labute approximate surface area is 140 Å². The zero-order valence-corrected chi connectivity index (χ0v) is 13.8. The van der Waals surface area contributed by atoms with Crippen LogP contribution in [0, 0.1) is 10.1 Å². The number of non-ortho nitro benzene ring substituents is 1. The van der Waals surface area contributed by atoms with Gasteiger partial charge in [0.05, 0.1) is 21.4 Å². The van der Waals surface area contributed by atoms with Crippen molar-refractivity contribution in [1.29, 1.82) is 0 Å². The Morgan fingerprint density at radius 2 is 2.30 bits per heavy atom. The van der Waals surface area contributed by atoms with Crippen molar-refractivity contribution in [2.24, 2.45) is 7.05 Å². The molecule has 0 radical (unpaired) electrons. The lowest BCUT2D eigenvalue weighted by atomic mass is 10.3. The van der Waals surface area contributed by atoms with E-state index in [4.69, 9.17) is 0 Å². The summed E-state index contributed by atoms with van der Waals surface area (Å²) in [5, 5.41) is 20.2. The molecule has 0 fully saturated rings. The minimum Gasteiger partial charge on any atom is -0.377 e. The SMILES string of the molecule is Cn1ncnc1CNc1cc([N+](=O)[O-])ccc1Sc1cccs1. The molecule has 1 aromatic carbocycles. The second kappa shape index (κ2) is 6.80. The van der Waals surface area contributed by atoms with E-state index in [-0.39, 0.29) is 5.69 Å². The monoisotopic (exact) mass is 347 g/mol. The van der Waals surface area contributed by atoms with Gasteiger partial charge in [-0.1, -0.05) is 17.8 Å². The standard InChI is InChI=1S/C14H13N5O2S2/c1-18-13(16-9-17-18)8-15-11-7-10(19(20)21)4-5-12(11)23-14-3-2-6-22-14/h2-7,9,15H,8H2,1H3. The number of nitro groups is 1. The number of aryl methyl sites for hydroxylation is 1. The maximum Gasteiger partial charge on any atom is 0.271 e. The molecular weight excluding hydrogens is 334 g/mol. The van der Waals surface area contributed by atoms with Gasteiger partial charge in [0.1, 0.15) is 12.2 Å². The number of hydrogen-bond acceptors (Lipinski definition) is 7. The second-order valence-electron chi connectivity index (χ2n) is 4.63. The zero-order chi connectivity index (χ0) is 16.2. The summed E-state index contributed by atoms with van der Waals surface area (Å²) in [6.45, 7) is 0.440. The minimum absolute atomic E-state index is 0.0565. The van der Waals surface area contributed by atoms with Crippen molar-refractivity contribution in [3.05, 3.63) is 58.0 Å². The summed E-state index contributed by atoms with van der Waals surface area (Å²) in [5.74, 6) is 0.753. The summed E-state index contributed by atoms with van der Waals surface area (Å²) < 4.78 is 2.79. The molecule has 0 unspecified atom stereocenters. The number of thiophene rings is 1. The molecule has 0 amide bonds. The maximum absolute atomic E-state index is 11.0. The van der Waals surface area contributed by atoms with Gasteiger partial charge in [-0.15, -0.1) is 11.3 Å². The van der Waals surface area contributed by atoms with Gasteiger partial charge in [-0.05, 0) is 17.5 Å². The van der Waals surface area contributed by atoms with Gasteiger partial charge in [0.2, 0.25) is 0 Å². The minimum atomic E-state index is -0.396. The summed E-state index contributed by atoms with van der Waals surface area (Å²) in [7, 11) is 1.80. The largest absolute Gasteiger partial charge is 0.377 e. The molecule has 2 aromatic heterocycles. The Morgan fingerprint density at radius 1 is 1.43 bits per heavy atom. The van der Waals surface area contributed by atoms with Crippen molar-refractivity contribution in [2.75, 3.05) is 5.32 Å². The highest BCUT2D eigenvalue weighted by Gasteiger charge is 2.13. The molecule has 23 heavy (non-hydrogen) atoms. The van der Waals surface area contributed by atoms with E-state index < -0.39 is 4.92 Å². The van der Waals surface area contributed by atoms with Crippen molar-refractivity contribution in [1.82, 2.24) is 14.8 Å². The molecule has 7 nitrogen and oxygen atoms in total. The first-order chi connectivity index (χ1) is 11.1. The topological polar surface area (TPSA) is 85.9 Å². The predicted molar refractivity (Wildman–Crippen MR) is 89.9 cm³/mol. The highest BCUT2D eigenvalue weighted by atomic mass is 32.2. The molecule has 0 saturated heterocycles. The molecule has 0 saturated carbocycles. The van der Waals surface area contributed by atoms with Gasteiger partial charge in [0.25, 0.3) is 5.69 Å². The van der Waals surface area contributed by atoms with Gasteiger partial charge in [-0.3, -0.25) is 14.8 Å². The summed E-state index contributed by atoms with van der Waals surface area (Å²) in [5.41, 5.74) is 0.765. The van der Waals surface area contributed by atoms with Crippen LogP contribution in [0.5, 0.6) is 0 Å². The predicted octanol–water partition coefficient (Wildman–Crippen LogP) is 3.55. The van der Waals surface area contributed by atoms with Gasteiger partial charge in [0.15, 0.2) is 0 Å². The van der Waals surface area contributed by atoms with E-state index in [1.165, 1.54) is 12.4 Å². The first-order valence-corrected chi connectivity index (χ1v) is 8.39. The number of nitrogens with one attached hydrogen (secondary N) is 1. The van der Waals surface area contributed by atoms with E-state index in [9.17, 15) is 10.1 Å². The van der Waals surface area contributed by atoms with Gasteiger partial charge in [-0.25, -0.2) is 4.98 Å². The van der Waals surface area contributed by atoms with Gasteiger partial charge >= 0.3 is 0 Å². The molecule has 0 aliphatic carbocycles. The number of nitro benzene ring substituents is 1. The van der Waals surface area contributed by atoms with Gasteiger partial charge < -0.3 is 5.32 Å². The normalized spacial score (nSPS) is 10.7. The lowest BCUT2D eigenvalue weighted by molar-refractivity contribution is -0.384. The lowest BCUT2D eigenvalue weighted by Gasteiger charge is -2.10. The van der Waals surface area contributed by atoms with Crippen LogP contribution in [0.4, 0.5) is 11.4 Å². The Bertz CT molecular complexity index is 816. The molecule has 3 rings (SSSR count). The summed E-state index contributed by atoms with van der Waals surface area (Å²) >= 11 is 3.20. The van der Waals surface area contributed by atoms with Crippen LogP contribution in [-0.4, -0.2) is 19.7 Å². The quantitative estimate of drug-likeness (QED) is 0.542. The van der Waals surface area contributed by atoms with Crippen LogP contribution in [0.2, 0.25) is 0 Å². The van der Waals surface area contributed by atoms with Gasteiger partial charge in [-0.2, -0.15) is 5.10 Å². The number of benzene rings is 1. The number of aromatic nitrogens is 3. The third-order valence-corrected chi connectivity index (χ3v) is 5.24. The Hall–Kier alpha value is -2.39. The van der Waals surface area contributed by atoms with E-state index in [1.807, 2.05) is 17.5 Å². The molecule has 2 heterocycles. The van der Waals surface area contributed by atoms with E-state index in [0.717, 1.165) is 14.9 Å². The fourth-order valence-corrected chi connectivity index (χ4v) is 3.76. The number of hydrogen-bond donors (Lipinski definition) is 1. The van der Waals surface area contributed by atoms with E-state index in [0.29, 0.717) is 12.2 Å². The highest BCUT2D eigenvalue weighted by molar-refractivity contribution is 8.01. The van der Waals surface area contributed by atoms with Crippen molar-refractivity contribution in [2.45, 2.75) is 15.6 Å². The van der Waals surface area contributed by atoms with Crippen molar-refractivity contribution >= 4 is 34.5 Å². The molecular formula is C14H13N5O2S2. The molecule has 0 aliphatic rings. The second-order valence-corrected chi connectivity index (χ2v) is 6.92. The lowest BCUT2D eigenvalue weighted by Crippen LogP contribution is -2.07. The Balaban J connectivity index is 1.86. The maximum atomic E-state index is 11.0. The van der Waals surface area contributed by atoms with Crippen LogP contribution in [0.25, 0.3) is 0 Å². The third-order valence-electron chi connectivity index (χ3n) is 3.12. The van der Waals surface area contributed by atoms with Crippen LogP contribution in [0.1, 0.15) is 5.82 Å². The van der Waals surface area contributed by atoms with Crippen LogP contribution < -0.4 is 5.32 Å². The third kappa shape index (κ3) is 3.69. The van der Waals surface area contributed by atoms with E-state index in [2.05, 4.69) is 15.4 Å². The summed E-state index contributed by atoms with van der Waals surface area (Å²) in [4.78, 5) is 15.7. The van der Waals surface area contributed by atoms with Gasteiger partial charge in [0, 0.05) is 24.1 Å².